The zero-order valence-corrected chi connectivity index (χ0v) is 36.7. The maximum absolute atomic E-state index is 12.5. The SMILES string of the molecule is C[C@H]1CC(O)[C@@H](C)/C=C/C=C/C=C/C=C/C=C/C=C/C=C/C(OC2O[C@H](C)C(O)[C@H](N)C2O)C[C@@H]2OC(O)(CC(O)CC(O)C(O)CCC(O)CC(O)CC(=O)O1)C[C@H](O)C2C(=O)O. The van der Waals surface area contributed by atoms with E-state index in [9.17, 15) is 65.8 Å². The zero-order chi connectivity index (χ0) is 47.6. The number of hydrogen-bond acceptors (Lipinski definition) is 17. The van der Waals surface area contributed by atoms with Gasteiger partial charge in [-0.25, -0.2) is 0 Å². The molecule has 18 atom stereocenters. The Bertz CT molecular complexity index is 1630. The summed E-state index contributed by atoms with van der Waals surface area (Å²) in [5, 5.41) is 118. The number of cyclic esters (lactones) is 1. The number of carboxylic acids is 1. The van der Waals surface area contributed by atoms with Crippen LogP contribution in [0.15, 0.2) is 85.1 Å². The molecule has 64 heavy (non-hydrogen) atoms. The summed E-state index contributed by atoms with van der Waals surface area (Å²) >= 11 is 0. The number of aliphatic hydroxyl groups is 10. The van der Waals surface area contributed by atoms with Crippen LogP contribution in [0.3, 0.4) is 0 Å². The lowest BCUT2D eigenvalue weighted by Crippen LogP contribution is -2.61. The Morgan fingerprint density at radius 1 is 0.672 bits per heavy atom. The average Bonchev–Trinajstić information content (AvgIpc) is 3.19. The van der Waals surface area contributed by atoms with Crippen LogP contribution >= 0.6 is 0 Å². The van der Waals surface area contributed by atoms with Crippen LogP contribution in [0, 0.1) is 11.8 Å². The molecule has 0 spiro atoms. The molecule has 3 aliphatic rings. The highest BCUT2D eigenvalue weighted by molar-refractivity contribution is 5.71. The van der Waals surface area contributed by atoms with Crippen LogP contribution in [0.25, 0.3) is 0 Å². The molecule has 3 heterocycles. The van der Waals surface area contributed by atoms with Crippen LogP contribution < -0.4 is 5.73 Å². The van der Waals surface area contributed by atoms with E-state index in [1.54, 1.807) is 79.8 Å². The molecule has 0 aliphatic carbocycles. The topological polar surface area (TPSA) is 320 Å². The van der Waals surface area contributed by atoms with Crippen molar-refractivity contribution in [3.8, 4) is 0 Å². The molecule has 3 aliphatic heterocycles. The Balaban J connectivity index is 1.85. The maximum Gasteiger partial charge on any atom is 0.311 e. The predicted molar refractivity (Wildman–Crippen MR) is 232 cm³/mol. The number of nitrogens with two attached hydrogens (primary N) is 1. The second kappa shape index (κ2) is 27.3. The maximum atomic E-state index is 12.5. The first-order valence-corrected chi connectivity index (χ1v) is 21.9. The molecule has 362 valence electrons. The second-order valence-electron chi connectivity index (χ2n) is 17.1. The summed E-state index contributed by atoms with van der Waals surface area (Å²) in [6.07, 6.45) is 3.69. The molecule has 2 bridgehead atoms. The average molecular weight is 910 g/mol. The smallest absolute Gasteiger partial charge is 0.311 e. The van der Waals surface area contributed by atoms with Gasteiger partial charge in [0.1, 0.15) is 18.1 Å². The first-order chi connectivity index (χ1) is 30.2. The minimum atomic E-state index is -2.32. The van der Waals surface area contributed by atoms with Crippen LogP contribution in [-0.2, 0) is 28.5 Å². The predicted octanol–water partition coefficient (Wildman–Crippen LogP) is 0.466. The summed E-state index contributed by atoms with van der Waals surface area (Å²) in [5.41, 5.74) is 6.01. The lowest BCUT2D eigenvalue weighted by Gasteiger charge is -2.45. The number of carbonyl (C=O) groups excluding carboxylic acids is 1. The van der Waals surface area contributed by atoms with Gasteiger partial charge in [-0.1, -0.05) is 92.0 Å². The fourth-order valence-electron chi connectivity index (χ4n) is 7.74. The Morgan fingerprint density at radius 3 is 1.84 bits per heavy atom. The van der Waals surface area contributed by atoms with Crippen molar-refractivity contribution in [2.75, 3.05) is 0 Å². The standard InChI is InChI=1S/C46H71NO17/c1-27-16-14-12-10-8-6-4-5-7-9-11-13-15-17-33(63-45-43(57)41(47)42(56)29(3)62-45)24-38-40(44(58)59)37(54)26-46(60,64-38)25-32(50)22-36(53)34(51)19-18-30(48)21-31(49)23-39(55)61-28(2)20-35(27)52/h4-17,27-38,40-43,45,48-54,56-57,60H,18-26,47H2,1-3H3,(H,58,59)/b5-4+,8-6+,9-7+,12-10+,13-11+,16-14+,17-15+/t27-,28-,29+,30?,31?,32?,33?,34?,35?,36?,37-,38-,40?,41-,42?,43?,45?,46?/m0/s1. The van der Waals surface area contributed by atoms with Gasteiger partial charge in [0, 0.05) is 38.0 Å². The Kier molecular flexibility index (Phi) is 23.4. The molecule has 13 N–H and O–H groups in total. The second-order valence-corrected chi connectivity index (χ2v) is 17.1. The van der Waals surface area contributed by atoms with Gasteiger partial charge in [-0.2, -0.15) is 0 Å². The first-order valence-electron chi connectivity index (χ1n) is 21.9. The van der Waals surface area contributed by atoms with E-state index in [4.69, 9.17) is 24.7 Å². The zero-order valence-electron chi connectivity index (χ0n) is 36.7. The number of ether oxygens (including phenoxy) is 4. The number of aliphatic carboxylic acids is 1. The molecular weight excluding hydrogens is 838 g/mol. The highest BCUT2D eigenvalue weighted by Gasteiger charge is 2.51. The summed E-state index contributed by atoms with van der Waals surface area (Å²) in [4.78, 5) is 24.9. The number of rotatable bonds is 3. The molecule has 18 nitrogen and oxygen atoms in total. The van der Waals surface area contributed by atoms with Crippen molar-refractivity contribution in [2.45, 2.75) is 176 Å². The molecule has 2 saturated heterocycles. The monoisotopic (exact) mass is 909 g/mol. The van der Waals surface area contributed by atoms with Gasteiger partial charge < -0.3 is 80.9 Å². The minimum absolute atomic E-state index is 0.104. The highest BCUT2D eigenvalue weighted by Crippen LogP contribution is 2.38. The van der Waals surface area contributed by atoms with Crippen molar-refractivity contribution in [2.24, 2.45) is 17.6 Å². The van der Waals surface area contributed by atoms with Gasteiger partial charge in [0.15, 0.2) is 12.1 Å². The normalized spacial score (nSPS) is 44.8. The van der Waals surface area contributed by atoms with E-state index in [0.717, 1.165) is 0 Å². The molecule has 0 radical (unpaired) electrons. The van der Waals surface area contributed by atoms with E-state index < -0.39 is 141 Å². The Hall–Kier alpha value is -3.44. The number of esters is 1. The quantitative estimate of drug-likeness (QED) is 0.171. The molecule has 12 unspecified atom stereocenters. The van der Waals surface area contributed by atoms with Crippen molar-refractivity contribution < 1.29 is 84.7 Å². The van der Waals surface area contributed by atoms with Gasteiger partial charge in [-0.15, -0.1) is 0 Å². The largest absolute Gasteiger partial charge is 0.481 e. The van der Waals surface area contributed by atoms with E-state index in [2.05, 4.69) is 0 Å². The molecule has 2 fully saturated rings. The molecule has 0 aromatic carbocycles. The molecular formula is C46H71NO17. The molecule has 18 heteroatoms. The summed E-state index contributed by atoms with van der Waals surface area (Å²) in [6.45, 7) is 4.97. The molecule has 0 amide bonds. The third kappa shape index (κ3) is 18.8. The van der Waals surface area contributed by atoms with Gasteiger partial charge in [0.25, 0.3) is 0 Å². The van der Waals surface area contributed by atoms with Crippen molar-refractivity contribution in [1.82, 2.24) is 0 Å². The number of carboxylic acid groups (broad SMARTS) is 1. The Morgan fingerprint density at radius 2 is 1.25 bits per heavy atom. The number of allylic oxidation sites excluding steroid dienone is 12. The molecule has 0 aromatic heterocycles. The lowest BCUT2D eigenvalue weighted by atomic mass is 9.82. The van der Waals surface area contributed by atoms with E-state index in [1.807, 2.05) is 13.0 Å². The van der Waals surface area contributed by atoms with E-state index in [0.29, 0.717) is 0 Å². The fourth-order valence-corrected chi connectivity index (χ4v) is 7.74. The van der Waals surface area contributed by atoms with Gasteiger partial charge in [-0.05, 0) is 33.1 Å². The van der Waals surface area contributed by atoms with Crippen LogP contribution in [0.1, 0.15) is 78.6 Å². The van der Waals surface area contributed by atoms with E-state index >= 15 is 0 Å². The lowest BCUT2D eigenvalue weighted by molar-refractivity contribution is -0.308. The van der Waals surface area contributed by atoms with E-state index in [-0.39, 0.29) is 38.0 Å². The number of hydrogen-bond donors (Lipinski definition) is 12. The van der Waals surface area contributed by atoms with Crippen molar-refractivity contribution in [3.05, 3.63) is 85.1 Å². The molecule has 0 saturated carbocycles. The minimum Gasteiger partial charge on any atom is -0.481 e. The van der Waals surface area contributed by atoms with Gasteiger partial charge >= 0.3 is 11.9 Å². The Labute approximate surface area is 374 Å². The molecule has 3 rings (SSSR count). The van der Waals surface area contributed by atoms with Gasteiger partial charge in [0.05, 0.1) is 79.6 Å². The summed E-state index contributed by atoms with van der Waals surface area (Å²) in [7, 11) is 0. The van der Waals surface area contributed by atoms with Crippen LogP contribution in [0.2, 0.25) is 0 Å². The fraction of sp³-hybridized carbons (Fsp3) is 0.652. The first kappa shape index (κ1) is 54.9. The van der Waals surface area contributed by atoms with Crippen LogP contribution in [0.5, 0.6) is 0 Å². The molecule has 0 aromatic rings. The number of carbonyl (C=O) groups is 2. The highest BCUT2D eigenvalue weighted by atomic mass is 16.7. The van der Waals surface area contributed by atoms with E-state index in [1.165, 1.54) is 13.0 Å². The van der Waals surface area contributed by atoms with Gasteiger partial charge in [0.2, 0.25) is 0 Å². The summed E-state index contributed by atoms with van der Waals surface area (Å²) in [5.74, 6) is -6.35. The third-order valence-corrected chi connectivity index (χ3v) is 11.4. The van der Waals surface area contributed by atoms with Gasteiger partial charge in [-0.3, -0.25) is 9.59 Å². The van der Waals surface area contributed by atoms with Crippen LogP contribution in [0.4, 0.5) is 0 Å². The van der Waals surface area contributed by atoms with Crippen molar-refractivity contribution >= 4 is 11.9 Å². The summed E-state index contributed by atoms with van der Waals surface area (Å²) in [6, 6.07) is -1.15. The van der Waals surface area contributed by atoms with Crippen LogP contribution in [-0.4, -0.2) is 166 Å². The third-order valence-electron chi connectivity index (χ3n) is 11.4. The van der Waals surface area contributed by atoms with Crippen molar-refractivity contribution in [3.63, 3.8) is 0 Å². The van der Waals surface area contributed by atoms with Crippen molar-refractivity contribution in [1.29, 1.82) is 0 Å². The number of fused-ring (bicyclic) bond motifs is 2. The summed E-state index contributed by atoms with van der Waals surface area (Å²) < 4.78 is 23.0. The number of aliphatic hydroxyl groups excluding tert-OH is 9.